The first-order valence-corrected chi connectivity index (χ1v) is 7.97. The van der Waals surface area contributed by atoms with Crippen molar-refractivity contribution in [1.82, 2.24) is 15.3 Å². The van der Waals surface area contributed by atoms with Gasteiger partial charge in [0.25, 0.3) is 5.91 Å². The van der Waals surface area contributed by atoms with Gasteiger partial charge in [0, 0.05) is 0 Å². The third kappa shape index (κ3) is 3.56. The highest BCUT2D eigenvalue weighted by Gasteiger charge is 2.14. The van der Waals surface area contributed by atoms with Crippen LogP contribution in [0.3, 0.4) is 0 Å². The van der Waals surface area contributed by atoms with E-state index in [0.717, 1.165) is 22.4 Å². The second-order valence-corrected chi connectivity index (χ2v) is 5.96. The van der Waals surface area contributed by atoms with Crippen LogP contribution in [0.1, 0.15) is 29.9 Å². The second-order valence-electron chi connectivity index (χ2n) is 5.96. The Bertz CT molecular complexity index is 837. The fourth-order valence-electron chi connectivity index (χ4n) is 2.48. The van der Waals surface area contributed by atoms with E-state index in [2.05, 4.69) is 15.3 Å². The third-order valence-corrected chi connectivity index (χ3v) is 4.04. The maximum Gasteiger partial charge on any atom is 0.258 e. The summed E-state index contributed by atoms with van der Waals surface area (Å²) in [6, 6.07) is 13.4. The van der Waals surface area contributed by atoms with Crippen molar-refractivity contribution in [2.24, 2.45) is 0 Å². The number of H-pyrrole nitrogens is 1. The Kier molecular flexibility index (Phi) is 4.51. The van der Waals surface area contributed by atoms with E-state index < -0.39 is 0 Å². The smallest absolute Gasteiger partial charge is 0.258 e. The second kappa shape index (κ2) is 6.74. The molecule has 1 amide bonds. The van der Waals surface area contributed by atoms with Gasteiger partial charge in [0.2, 0.25) is 0 Å². The highest BCUT2D eigenvalue weighted by molar-refractivity contribution is 5.78. The van der Waals surface area contributed by atoms with Crippen molar-refractivity contribution < 1.29 is 9.53 Å². The van der Waals surface area contributed by atoms with Gasteiger partial charge in [-0.2, -0.15) is 0 Å². The molecule has 1 atom stereocenters. The monoisotopic (exact) mass is 323 g/mol. The molecule has 2 aromatic carbocycles. The Morgan fingerprint density at radius 3 is 2.75 bits per heavy atom. The molecule has 0 saturated carbocycles. The summed E-state index contributed by atoms with van der Waals surface area (Å²) in [4.78, 5) is 19.8. The number of nitrogens with zero attached hydrogens (tertiary/aromatic N) is 1. The lowest BCUT2D eigenvalue weighted by atomic mass is 10.1. The number of nitrogens with one attached hydrogen (secondary N) is 2. The first-order chi connectivity index (χ1) is 11.5. The van der Waals surface area contributed by atoms with Gasteiger partial charge in [-0.15, -0.1) is 0 Å². The molecule has 0 aliphatic heterocycles. The number of imidazole rings is 1. The summed E-state index contributed by atoms with van der Waals surface area (Å²) in [5.41, 5.74) is 4.19. The predicted octanol–water partition coefficient (Wildman–Crippen LogP) is 3.44. The highest BCUT2D eigenvalue weighted by atomic mass is 16.5. The van der Waals surface area contributed by atoms with E-state index in [1.807, 2.05) is 63.2 Å². The minimum absolute atomic E-state index is 0.0208. The number of benzene rings is 2. The fourth-order valence-corrected chi connectivity index (χ4v) is 2.48. The van der Waals surface area contributed by atoms with Crippen LogP contribution in [0.25, 0.3) is 11.0 Å². The number of aromatic nitrogens is 2. The van der Waals surface area contributed by atoms with Gasteiger partial charge in [0.1, 0.15) is 11.6 Å². The molecular formula is C19H21N3O2. The van der Waals surface area contributed by atoms with E-state index in [9.17, 15) is 4.79 Å². The molecule has 0 aliphatic rings. The van der Waals surface area contributed by atoms with Crippen molar-refractivity contribution in [1.29, 1.82) is 0 Å². The van der Waals surface area contributed by atoms with Crippen LogP contribution in [0.4, 0.5) is 0 Å². The van der Waals surface area contributed by atoms with Crippen LogP contribution in [0, 0.1) is 13.8 Å². The summed E-state index contributed by atoms with van der Waals surface area (Å²) >= 11 is 0. The zero-order chi connectivity index (χ0) is 17.1. The Morgan fingerprint density at radius 2 is 2.00 bits per heavy atom. The van der Waals surface area contributed by atoms with Crippen LogP contribution in [-0.4, -0.2) is 22.5 Å². The van der Waals surface area contributed by atoms with Gasteiger partial charge < -0.3 is 15.0 Å². The van der Waals surface area contributed by atoms with Gasteiger partial charge >= 0.3 is 0 Å². The summed E-state index contributed by atoms with van der Waals surface area (Å²) < 4.78 is 5.56. The molecule has 5 heteroatoms. The van der Waals surface area contributed by atoms with Gasteiger partial charge in [-0.25, -0.2) is 4.98 Å². The van der Waals surface area contributed by atoms with Crippen LogP contribution in [0.5, 0.6) is 5.75 Å². The van der Waals surface area contributed by atoms with Crippen molar-refractivity contribution in [3.05, 3.63) is 59.4 Å². The molecule has 124 valence electrons. The molecule has 24 heavy (non-hydrogen) atoms. The number of hydrogen-bond acceptors (Lipinski definition) is 3. The molecule has 0 spiro atoms. The summed E-state index contributed by atoms with van der Waals surface area (Å²) in [6.45, 7) is 5.94. The molecule has 0 unspecified atom stereocenters. The van der Waals surface area contributed by atoms with Crippen LogP contribution < -0.4 is 10.1 Å². The van der Waals surface area contributed by atoms with E-state index in [-0.39, 0.29) is 18.6 Å². The van der Waals surface area contributed by atoms with Gasteiger partial charge in [0.05, 0.1) is 17.1 Å². The number of para-hydroxylation sites is 2. The molecular weight excluding hydrogens is 302 g/mol. The van der Waals surface area contributed by atoms with Gasteiger partial charge in [-0.05, 0) is 56.2 Å². The number of fused-ring (bicyclic) bond motifs is 1. The van der Waals surface area contributed by atoms with E-state index in [0.29, 0.717) is 5.75 Å². The maximum atomic E-state index is 12.1. The fraction of sp³-hybridized carbons (Fsp3) is 0.263. The molecule has 0 aliphatic carbocycles. The van der Waals surface area contributed by atoms with E-state index in [1.54, 1.807) is 0 Å². The summed E-state index contributed by atoms with van der Waals surface area (Å²) in [7, 11) is 0. The normalized spacial score (nSPS) is 12.1. The number of carbonyl (C=O) groups is 1. The Balaban J connectivity index is 1.58. The molecule has 3 rings (SSSR count). The SMILES string of the molecule is Cc1ccc(OCC(=O)N[C@H](C)c2nc3ccccc3[nH]2)cc1C. The Hall–Kier alpha value is -2.82. The average Bonchev–Trinajstić information content (AvgIpc) is 3.00. The Morgan fingerprint density at radius 1 is 1.21 bits per heavy atom. The van der Waals surface area contributed by atoms with Gasteiger partial charge in [-0.3, -0.25) is 4.79 Å². The topological polar surface area (TPSA) is 67.0 Å². The largest absolute Gasteiger partial charge is 0.484 e. The maximum absolute atomic E-state index is 12.1. The van der Waals surface area contributed by atoms with Crippen LogP contribution in [0.2, 0.25) is 0 Å². The van der Waals surface area contributed by atoms with Crippen LogP contribution >= 0.6 is 0 Å². The van der Waals surface area contributed by atoms with Crippen molar-refractivity contribution in [2.75, 3.05) is 6.61 Å². The number of carbonyl (C=O) groups excluding carboxylic acids is 1. The number of ether oxygens (including phenoxy) is 1. The van der Waals surface area contributed by atoms with Crippen molar-refractivity contribution in [2.45, 2.75) is 26.8 Å². The van der Waals surface area contributed by atoms with Crippen LogP contribution in [-0.2, 0) is 4.79 Å². The molecule has 1 heterocycles. The van der Waals surface area contributed by atoms with E-state index in [4.69, 9.17) is 4.74 Å². The lowest BCUT2D eigenvalue weighted by Crippen LogP contribution is -2.31. The summed E-state index contributed by atoms with van der Waals surface area (Å²) in [5, 5.41) is 2.90. The first-order valence-electron chi connectivity index (χ1n) is 7.97. The first kappa shape index (κ1) is 16.1. The molecule has 1 aromatic heterocycles. The summed E-state index contributed by atoms with van der Waals surface area (Å²) in [6.07, 6.45) is 0. The third-order valence-electron chi connectivity index (χ3n) is 4.04. The molecule has 0 radical (unpaired) electrons. The molecule has 0 bridgehead atoms. The van der Waals surface area contributed by atoms with Crippen molar-refractivity contribution >= 4 is 16.9 Å². The van der Waals surface area contributed by atoms with E-state index in [1.165, 1.54) is 5.56 Å². The predicted molar refractivity (Wildman–Crippen MR) is 94.1 cm³/mol. The molecule has 5 nitrogen and oxygen atoms in total. The summed E-state index contributed by atoms with van der Waals surface area (Å²) in [5.74, 6) is 1.25. The minimum atomic E-state index is -0.215. The molecule has 2 N–H and O–H groups in total. The average molecular weight is 323 g/mol. The molecule has 0 saturated heterocycles. The highest BCUT2D eigenvalue weighted by Crippen LogP contribution is 2.17. The van der Waals surface area contributed by atoms with Crippen molar-refractivity contribution in [3.8, 4) is 5.75 Å². The van der Waals surface area contributed by atoms with E-state index >= 15 is 0 Å². The van der Waals surface area contributed by atoms with Crippen molar-refractivity contribution in [3.63, 3.8) is 0 Å². The quantitative estimate of drug-likeness (QED) is 0.756. The van der Waals surface area contributed by atoms with Crippen LogP contribution in [0.15, 0.2) is 42.5 Å². The minimum Gasteiger partial charge on any atom is -0.484 e. The number of amides is 1. The lowest BCUT2D eigenvalue weighted by molar-refractivity contribution is -0.123. The standard InChI is InChI=1S/C19H21N3O2/c1-12-8-9-15(10-13(12)2)24-11-18(23)20-14(3)19-21-16-6-4-5-7-17(16)22-19/h4-10,14H,11H2,1-3H3,(H,20,23)(H,21,22)/t14-/m1/s1. The van der Waals surface area contributed by atoms with Gasteiger partial charge in [-0.1, -0.05) is 18.2 Å². The zero-order valence-corrected chi connectivity index (χ0v) is 14.1. The van der Waals surface area contributed by atoms with Gasteiger partial charge in [0.15, 0.2) is 6.61 Å². The number of aryl methyl sites for hydroxylation is 2. The number of rotatable bonds is 5. The number of hydrogen-bond donors (Lipinski definition) is 2. The molecule has 0 fully saturated rings. The lowest BCUT2D eigenvalue weighted by Gasteiger charge is -2.12. The number of aromatic amines is 1. The Labute approximate surface area is 141 Å². The molecule has 3 aromatic rings. The zero-order valence-electron chi connectivity index (χ0n) is 14.1.